The van der Waals surface area contributed by atoms with Gasteiger partial charge in [-0.25, -0.2) is 0 Å². The summed E-state index contributed by atoms with van der Waals surface area (Å²) in [6.07, 6.45) is 1.86. The number of fused-ring (bicyclic) bond motifs is 1. The molecule has 5 rings (SSSR count). The maximum atomic E-state index is 13.2. The second-order valence-corrected chi connectivity index (χ2v) is 9.81. The molecule has 35 heavy (non-hydrogen) atoms. The zero-order valence-corrected chi connectivity index (χ0v) is 20.6. The smallest absolute Gasteiger partial charge is 0.264 e. The Kier molecular flexibility index (Phi) is 6.25. The second kappa shape index (κ2) is 9.49. The molecule has 0 spiro atoms. The van der Waals surface area contributed by atoms with Gasteiger partial charge in [0, 0.05) is 35.1 Å². The van der Waals surface area contributed by atoms with E-state index in [1.807, 2.05) is 67.4 Å². The van der Waals surface area contributed by atoms with Crippen molar-refractivity contribution in [2.75, 3.05) is 20.2 Å². The largest absolute Gasteiger partial charge is 0.495 e. The number of thiophene rings is 1. The van der Waals surface area contributed by atoms with E-state index in [4.69, 9.17) is 19.7 Å². The van der Waals surface area contributed by atoms with Gasteiger partial charge in [-0.15, -0.1) is 11.3 Å². The molecular formula is C28H25N3O3S. The van der Waals surface area contributed by atoms with Crippen LogP contribution in [-0.4, -0.2) is 48.2 Å². The first-order valence-electron chi connectivity index (χ1n) is 11.5. The van der Waals surface area contributed by atoms with Crippen LogP contribution >= 0.6 is 11.3 Å². The molecule has 1 aliphatic rings. The van der Waals surface area contributed by atoms with Crippen molar-refractivity contribution in [1.82, 2.24) is 9.88 Å². The Morgan fingerprint density at radius 2 is 1.83 bits per heavy atom. The highest BCUT2D eigenvalue weighted by atomic mass is 32.1. The minimum atomic E-state index is 0.0252. The molecule has 176 valence electrons. The number of ether oxygens (including phenoxy) is 2. The number of aromatic nitrogens is 1. The normalized spacial score (nSPS) is 17.8. The number of nitriles is 1. The number of carbonyl (C=O) groups excluding carboxylic acids is 1. The van der Waals surface area contributed by atoms with Gasteiger partial charge in [0.15, 0.2) is 0 Å². The van der Waals surface area contributed by atoms with Gasteiger partial charge >= 0.3 is 0 Å². The third kappa shape index (κ3) is 4.39. The van der Waals surface area contributed by atoms with E-state index in [0.29, 0.717) is 23.5 Å². The Morgan fingerprint density at radius 3 is 2.51 bits per heavy atom. The van der Waals surface area contributed by atoms with Crippen molar-refractivity contribution < 1.29 is 14.3 Å². The van der Waals surface area contributed by atoms with Crippen LogP contribution in [0.2, 0.25) is 0 Å². The first kappa shape index (κ1) is 23.0. The molecule has 2 unspecified atom stereocenters. The summed E-state index contributed by atoms with van der Waals surface area (Å²) in [7, 11) is 1.66. The average Bonchev–Trinajstić information content (AvgIpc) is 3.36. The van der Waals surface area contributed by atoms with Crippen molar-refractivity contribution in [3.8, 4) is 33.4 Å². The lowest BCUT2D eigenvalue weighted by atomic mass is 9.99. The molecule has 0 radical (unpaired) electrons. The predicted octanol–water partition coefficient (Wildman–Crippen LogP) is 5.76. The van der Waals surface area contributed by atoms with E-state index >= 15 is 0 Å². The van der Waals surface area contributed by atoms with Gasteiger partial charge in [0.1, 0.15) is 5.75 Å². The maximum Gasteiger partial charge on any atom is 0.264 e. The van der Waals surface area contributed by atoms with Gasteiger partial charge in [-0.05, 0) is 49.7 Å². The third-order valence-electron chi connectivity index (χ3n) is 6.17. The number of nitrogens with zero attached hydrogens (tertiary/aromatic N) is 3. The molecule has 2 aromatic carbocycles. The fourth-order valence-electron chi connectivity index (χ4n) is 4.65. The van der Waals surface area contributed by atoms with Gasteiger partial charge in [0.05, 0.1) is 46.9 Å². The van der Waals surface area contributed by atoms with Gasteiger partial charge in [-0.3, -0.25) is 9.78 Å². The Bertz CT molecular complexity index is 1430. The first-order valence-corrected chi connectivity index (χ1v) is 12.3. The summed E-state index contributed by atoms with van der Waals surface area (Å²) in [5, 5.41) is 10.00. The molecule has 1 saturated heterocycles. The highest BCUT2D eigenvalue weighted by Crippen LogP contribution is 2.41. The van der Waals surface area contributed by atoms with E-state index in [2.05, 4.69) is 6.07 Å². The summed E-state index contributed by atoms with van der Waals surface area (Å²) in [5.41, 5.74) is 4.24. The van der Waals surface area contributed by atoms with Crippen molar-refractivity contribution in [2.45, 2.75) is 26.1 Å². The number of methoxy groups -OCH3 is 1. The summed E-state index contributed by atoms with van der Waals surface area (Å²) < 4.78 is 11.6. The quantitative estimate of drug-likeness (QED) is 0.369. The van der Waals surface area contributed by atoms with Gasteiger partial charge in [0.2, 0.25) is 0 Å². The Hall–Kier alpha value is -3.73. The standard InChI is InChI=1S/C28H25N3O3S/c1-17-15-31(16-18(2)34-17)28(32)25-12-11-24(35-25)23-14-30-26-21(5-4-6-22(26)27(23)33-3)20-9-7-19(13-29)8-10-20/h4-12,14,17-18H,15-16H2,1-3H3. The lowest BCUT2D eigenvalue weighted by Gasteiger charge is -2.35. The molecule has 0 aliphatic carbocycles. The number of benzene rings is 2. The zero-order valence-electron chi connectivity index (χ0n) is 19.8. The lowest BCUT2D eigenvalue weighted by Crippen LogP contribution is -2.48. The Morgan fingerprint density at radius 1 is 1.09 bits per heavy atom. The van der Waals surface area contributed by atoms with Gasteiger partial charge in [0.25, 0.3) is 5.91 Å². The van der Waals surface area contributed by atoms with E-state index in [9.17, 15) is 4.79 Å². The number of carbonyl (C=O) groups is 1. The number of hydrogen-bond acceptors (Lipinski definition) is 6. The summed E-state index contributed by atoms with van der Waals surface area (Å²) in [5.74, 6) is 0.749. The first-order chi connectivity index (χ1) is 17.0. The van der Waals surface area contributed by atoms with E-state index in [0.717, 1.165) is 38.2 Å². The second-order valence-electron chi connectivity index (χ2n) is 8.73. The molecule has 0 saturated carbocycles. The Labute approximate surface area is 208 Å². The topological polar surface area (TPSA) is 75.4 Å². The number of pyridine rings is 1. The van der Waals surface area contributed by atoms with Crippen LogP contribution in [0.5, 0.6) is 5.75 Å². The lowest BCUT2D eigenvalue weighted by molar-refractivity contribution is -0.0585. The van der Waals surface area contributed by atoms with Gasteiger partial charge in [-0.1, -0.05) is 24.3 Å². The molecule has 7 heteroatoms. The van der Waals surface area contributed by atoms with Crippen LogP contribution in [0.15, 0.2) is 60.8 Å². The number of morpholine rings is 1. The van der Waals surface area contributed by atoms with Crippen LogP contribution in [0.4, 0.5) is 0 Å². The van der Waals surface area contributed by atoms with Crippen LogP contribution in [0.3, 0.4) is 0 Å². The van der Waals surface area contributed by atoms with Crippen molar-refractivity contribution in [2.24, 2.45) is 0 Å². The van der Waals surface area contributed by atoms with E-state index < -0.39 is 0 Å². The summed E-state index contributed by atoms with van der Waals surface area (Å²) in [6.45, 7) is 5.17. The molecule has 1 aliphatic heterocycles. The molecular weight excluding hydrogens is 458 g/mol. The van der Waals surface area contributed by atoms with Crippen LogP contribution < -0.4 is 4.74 Å². The highest BCUT2D eigenvalue weighted by molar-refractivity contribution is 7.17. The van der Waals surface area contributed by atoms with Crippen molar-refractivity contribution in [3.63, 3.8) is 0 Å². The number of amides is 1. The monoisotopic (exact) mass is 483 g/mol. The minimum absolute atomic E-state index is 0.0252. The molecule has 6 nitrogen and oxygen atoms in total. The van der Waals surface area contributed by atoms with Crippen molar-refractivity contribution >= 4 is 28.1 Å². The van der Waals surface area contributed by atoms with Crippen molar-refractivity contribution in [1.29, 1.82) is 5.26 Å². The van der Waals surface area contributed by atoms with Crippen LogP contribution in [0.25, 0.3) is 32.5 Å². The van der Waals surface area contributed by atoms with Gasteiger partial charge in [-0.2, -0.15) is 5.26 Å². The van der Waals surface area contributed by atoms with Crippen molar-refractivity contribution in [3.05, 3.63) is 71.2 Å². The molecule has 2 atom stereocenters. The molecule has 2 aromatic heterocycles. The Balaban J connectivity index is 1.51. The molecule has 0 bridgehead atoms. The number of rotatable bonds is 4. The van der Waals surface area contributed by atoms with Crippen LogP contribution in [0.1, 0.15) is 29.1 Å². The molecule has 1 amide bonds. The molecule has 3 heterocycles. The highest BCUT2D eigenvalue weighted by Gasteiger charge is 2.28. The van der Waals surface area contributed by atoms with E-state index in [1.54, 1.807) is 19.2 Å². The van der Waals surface area contributed by atoms with E-state index in [1.165, 1.54) is 11.3 Å². The zero-order chi connectivity index (χ0) is 24.5. The summed E-state index contributed by atoms with van der Waals surface area (Å²) in [4.78, 5) is 21.4. The number of para-hydroxylation sites is 1. The van der Waals surface area contributed by atoms with Crippen LogP contribution in [-0.2, 0) is 4.74 Å². The summed E-state index contributed by atoms with van der Waals surface area (Å²) >= 11 is 1.45. The third-order valence-corrected chi connectivity index (χ3v) is 7.27. The molecule has 4 aromatic rings. The van der Waals surface area contributed by atoms with Gasteiger partial charge < -0.3 is 14.4 Å². The SMILES string of the molecule is COc1c(-c2ccc(C(=O)N3CC(C)OC(C)C3)s2)cnc2c(-c3ccc(C#N)cc3)cccc12. The maximum absolute atomic E-state index is 13.2. The molecule has 1 fully saturated rings. The summed E-state index contributed by atoms with van der Waals surface area (Å²) in [6, 6.07) is 19.5. The minimum Gasteiger partial charge on any atom is -0.495 e. The fourth-order valence-corrected chi connectivity index (χ4v) is 5.63. The average molecular weight is 484 g/mol. The van der Waals surface area contributed by atoms with Crippen LogP contribution in [0, 0.1) is 11.3 Å². The molecule has 0 N–H and O–H groups in total. The fraction of sp³-hybridized carbons (Fsp3) is 0.250. The number of hydrogen-bond donors (Lipinski definition) is 0. The van der Waals surface area contributed by atoms with E-state index in [-0.39, 0.29) is 18.1 Å². The predicted molar refractivity (Wildman–Crippen MR) is 138 cm³/mol.